The molecule has 0 atom stereocenters. The molecule has 2 heteroatoms. The number of rotatable bonds is 0. The van der Waals surface area contributed by atoms with Crippen LogP contribution in [0.3, 0.4) is 0 Å². The van der Waals surface area contributed by atoms with Crippen LogP contribution >= 0.6 is 0 Å². The Bertz CT molecular complexity index is 265. The molecule has 0 amide bonds. The van der Waals surface area contributed by atoms with Crippen molar-refractivity contribution < 1.29 is 4.39 Å². The fourth-order valence-corrected chi connectivity index (χ4v) is 1.55. The minimum atomic E-state index is -0.122. The van der Waals surface area contributed by atoms with Crippen molar-refractivity contribution in [3.05, 3.63) is 29.1 Å². The van der Waals surface area contributed by atoms with Crippen LogP contribution in [0.25, 0.3) is 0 Å². The molecule has 0 radical (unpaired) electrons. The topological polar surface area (TPSA) is 12.0 Å². The van der Waals surface area contributed by atoms with E-state index in [9.17, 15) is 4.39 Å². The SMILES string of the molecule is Cc1ccc(F)c2c1CCN2. The molecule has 11 heavy (non-hydrogen) atoms. The van der Waals surface area contributed by atoms with Crippen LogP contribution in [-0.4, -0.2) is 6.54 Å². The van der Waals surface area contributed by atoms with Crippen molar-refractivity contribution in [1.82, 2.24) is 0 Å². The van der Waals surface area contributed by atoms with Crippen LogP contribution in [0, 0.1) is 12.7 Å². The Morgan fingerprint density at radius 3 is 3.00 bits per heavy atom. The van der Waals surface area contributed by atoms with Crippen LogP contribution in [0.2, 0.25) is 0 Å². The summed E-state index contributed by atoms with van der Waals surface area (Å²) in [6.07, 6.45) is 0.957. The third kappa shape index (κ3) is 0.897. The van der Waals surface area contributed by atoms with Crippen LogP contribution < -0.4 is 5.32 Å². The standard InChI is InChI=1S/C9H10FN/c1-6-2-3-8(10)9-7(6)4-5-11-9/h2-3,11H,4-5H2,1H3. The highest BCUT2D eigenvalue weighted by Gasteiger charge is 2.15. The van der Waals surface area contributed by atoms with Gasteiger partial charge in [-0.2, -0.15) is 0 Å². The van der Waals surface area contributed by atoms with E-state index in [1.807, 2.05) is 13.0 Å². The summed E-state index contributed by atoms with van der Waals surface area (Å²) >= 11 is 0. The first-order valence-corrected chi connectivity index (χ1v) is 3.81. The monoisotopic (exact) mass is 151 g/mol. The van der Waals surface area contributed by atoms with Gasteiger partial charge in [-0.05, 0) is 30.5 Å². The Labute approximate surface area is 65.2 Å². The van der Waals surface area contributed by atoms with Crippen LogP contribution in [0.5, 0.6) is 0 Å². The van der Waals surface area contributed by atoms with E-state index in [0.29, 0.717) is 5.69 Å². The van der Waals surface area contributed by atoms with Crippen molar-refractivity contribution in [1.29, 1.82) is 0 Å². The first kappa shape index (κ1) is 6.65. The number of benzene rings is 1. The molecule has 0 aliphatic carbocycles. The van der Waals surface area contributed by atoms with Crippen molar-refractivity contribution in [2.24, 2.45) is 0 Å². The molecule has 0 aromatic heterocycles. The van der Waals surface area contributed by atoms with E-state index in [1.165, 1.54) is 11.6 Å². The largest absolute Gasteiger partial charge is 0.382 e. The predicted octanol–water partition coefficient (Wildman–Crippen LogP) is 2.10. The zero-order valence-corrected chi connectivity index (χ0v) is 6.45. The molecule has 1 aromatic rings. The van der Waals surface area contributed by atoms with Crippen molar-refractivity contribution in [3.8, 4) is 0 Å². The molecule has 1 nitrogen and oxygen atoms in total. The van der Waals surface area contributed by atoms with Crippen molar-refractivity contribution in [2.45, 2.75) is 13.3 Å². The number of anilines is 1. The summed E-state index contributed by atoms with van der Waals surface area (Å²) in [5.41, 5.74) is 3.04. The average Bonchev–Trinajstić information content (AvgIpc) is 2.45. The van der Waals surface area contributed by atoms with E-state index in [0.717, 1.165) is 18.5 Å². The molecule has 0 fully saturated rings. The molecule has 1 aliphatic rings. The summed E-state index contributed by atoms with van der Waals surface area (Å²) in [4.78, 5) is 0. The van der Waals surface area contributed by atoms with Crippen LogP contribution in [0.4, 0.5) is 10.1 Å². The fraction of sp³-hybridized carbons (Fsp3) is 0.333. The van der Waals surface area contributed by atoms with Crippen LogP contribution in [0.15, 0.2) is 12.1 Å². The highest BCUT2D eigenvalue weighted by Crippen LogP contribution is 2.27. The summed E-state index contributed by atoms with van der Waals surface area (Å²) in [5.74, 6) is -0.122. The summed E-state index contributed by atoms with van der Waals surface area (Å²) in [6.45, 7) is 2.89. The summed E-state index contributed by atoms with van der Waals surface area (Å²) in [7, 11) is 0. The quantitative estimate of drug-likeness (QED) is 0.598. The minimum absolute atomic E-state index is 0.122. The Hall–Kier alpha value is -1.05. The number of hydrogen-bond donors (Lipinski definition) is 1. The second kappa shape index (κ2) is 2.22. The van der Waals surface area contributed by atoms with Gasteiger partial charge in [-0.1, -0.05) is 6.07 Å². The lowest BCUT2D eigenvalue weighted by Crippen LogP contribution is -1.93. The number of hydrogen-bond acceptors (Lipinski definition) is 1. The zero-order chi connectivity index (χ0) is 7.84. The molecular formula is C9H10FN. The Morgan fingerprint density at radius 2 is 2.27 bits per heavy atom. The lowest BCUT2D eigenvalue weighted by molar-refractivity contribution is 0.631. The molecule has 1 aromatic carbocycles. The average molecular weight is 151 g/mol. The van der Waals surface area contributed by atoms with E-state index in [1.54, 1.807) is 0 Å². The van der Waals surface area contributed by atoms with E-state index in [-0.39, 0.29) is 5.82 Å². The molecule has 0 saturated heterocycles. The zero-order valence-electron chi connectivity index (χ0n) is 6.45. The fourth-order valence-electron chi connectivity index (χ4n) is 1.55. The highest BCUT2D eigenvalue weighted by molar-refractivity contribution is 5.59. The van der Waals surface area contributed by atoms with Gasteiger partial charge in [-0.25, -0.2) is 4.39 Å². The number of halogens is 1. The molecule has 1 heterocycles. The van der Waals surface area contributed by atoms with E-state index >= 15 is 0 Å². The van der Waals surface area contributed by atoms with Gasteiger partial charge in [0.1, 0.15) is 5.82 Å². The van der Waals surface area contributed by atoms with Gasteiger partial charge >= 0.3 is 0 Å². The predicted molar refractivity (Wildman–Crippen MR) is 43.3 cm³/mol. The molecule has 0 saturated carbocycles. The van der Waals surface area contributed by atoms with Crippen LogP contribution in [-0.2, 0) is 6.42 Å². The Kier molecular flexibility index (Phi) is 1.34. The van der Waals surface area contributed by atoms with E-state index in [2.05, 4.69) is 5.32 Å². The number of fused-ring (bicyclic) bond motifs is 1. The maximum Gasteiger partial charge on any atom is 0.146 e. The first-order chi connectivity index (χ1) is 5.29. The van der Waals surface area contributed by atoms with Crippen molar-refractivity contribution in [3.63, 3.8) is 0 Å². The van der Waals surface area contributed by atoms with Crippen molar-refractivity contribution in [2.75, 3.05) is 11.9 Å². The van der Waals surface area contributed by atoms with Gasteiger partial charge in [0, 0.05) is 6.54 Å². The Balaban J connectivity index is 2.64. The van der Waals surface area contributed by atoms with Gasteiger partial charge in [0.2, 0.25) is 0 Å². The smallest absolute Gasteiger partial charge is 0.146 e. The summed E-state index contributed by atoms with van der Waals surface area (Å²) in [6, 6.07) is 3.35. The molecule has 0 unspecified atom stereocenters. The molecule has 58 valence electrons. The maximum atomic E-state index is 13.0. The maximum absolute atomic E-state index is 13.0. The second-order valence-electron chi connectivity index (χ2n) is 2.89. The third-order valence-electron chi connectivity index (χ3n) is 2.17. The Morgan fingerprint density at radius 1 is 1.45 bits per heavy atom. The number of nitrogens with one attached hydrogen (secondary N) is 1. The van der Waals surface area contributed by atoms with E-state index < -0.39 is 0 Å². The highest BCUT2D eigenvalue weighted by atomic mass is 19.1. The summed E-state index contributed by atoms with van der Waals surface area (Å²) < 4.78 is 13.0. The first-order valence-electron chi connectivity index (χ1n) is 3.81. The molecule has 0 spiro atoms. The normalized spacial score (nSPS) is 14.4. The second-order valence-corrected chi connectivity index (χ2v) is 2.89. The molecular weight excluding hydrogens is 141 g/mol. The van der Waals surface area contributed by atoms with Gasteiger partial charge in [0.15, 0.2) is 0 Å². The van der Waals surface area contributed by atoms with Crippen LogP contribution in [0.1, 0.15) is 11.1 Å². The third-order valence-corrected chi connectivity index (χ3v) is 2.17. The van der Waals surface area contributed by atoms with Gasteiger partial charge < -0.3 is 5.32 Å². The van der Waals surface area contributed by atoms with Gasteiger partial charge in [0.05, 0.1) is 5.69 Å². The number of aryl methyl sites for hydroxylation is 1. The van der Waals surface area contributed by atoms with Crippen molar-refractivity contribution >= 4 is 5.69 Å². The summed E-state index contributed by atoms with van der Waals surface area (Å²) in [5, 5.41) is 3.03. The lowest BCUT2D eigenvalue weighted by atomic mass is 10.1. The molecule has 0 bridgehead atoms. The van der Waals surface area contributed by atoms with Gasteiger partial charge in [-0.3, -0.25) is 0 Å². The van der Waals surface area contributed by atoms with Gasteiger partial charge in [-0.15, -0.1) is 0 Å². The lowest BCUT2D eigenvalue weighted by Gasteiger charge is -2.03. The minimum Gasteiger partial charge on any atom is -0.382 e. The molecule has 2 rings (SSSR count). The molecule has 1 N–H and O–H groups in total. The van der Waals surface area contributed by atoms with E-state index in [4.69, 9.17) is 0 Å². The van der Waals surface area contributed by atoms with Gasteiger partial charge in [0.25, 0.3) is 0 Å². The molecule has 1 aliphatic heterocycles.